The zero-order chi connectivity index (χ0) is 13.9. The van der Waals surface area contributed by atoms with Crippen LogP contribution in [0.15, 0.2) is 18.2 Å². The van der Waals surface area contributed by atoms with Gasteiger partial charge in [-0.05, 0) is 37.8 Å². The molecule has 1 fully saturated rings. The van der Waals surface area contributed by atoms with Crippen LogP contribution < -0.4 is 10.5 Å². The van der Waals surface area contributed by atoms with Crippen molar-refractivity contribution in [3.8, 4) is 5.75 Å². The number of nitrogens with two attached hydrogens (primary N) is 1. The summed E-state index contributed by atoms with van der Waals surface area (Å²) < 4.78 is 11.2. The topological polar surface area (TPSA) is 44.5 Å². The van der Waals surface area contributed by atoms with Gasteiger partial charge in [-0.3, -0.25) is 0 Å². The Bertz CT molecular complexity index is 425. The highest BCUT2D eigenvalue weighted by atomic mass is 16.5. The molecular formula is C16H25NO2. The third kappa shape index (κ3) is 2.93. The number of aryl methyl sites for hydroxylation is 1. The Morgan fingerprint density at radius 1 is 1.26 bits per heavy atom. The fourth-order valence-electron chi connectivity index (χ4n) is 3.19. The zero-order valence-corrected chi connectivity index (χ0v) is 12.2. The molecule has 0 radical (unpaired) electrons. The lowest BCUT2D eigenvalue weighted by Gasteiger charge is -2.34. The van der Waals surface area contributed by atoms with Crippen LogP contribution in [-0.4, -0.2) is 25.9 Å². The predicted octanol–water partition coefficient (Wildman–Crippen LogP) is 2.83. The molecule has 1 saturated carbocycles. The summed E-state index contributed by atoms with van der Waals surface area (Å²) in [6, 6.07) is 6.27. The van der Waals surface area contributed by atoms with E-state index < -0.39 is 0 Å². The van der Waals surface area contributed by atoms with Crippen LogP contribution in [0.2, 0.25) is 0 Å². The summed E-state index contributed by atoms with van der Waals surface area (Å²) >= 11 is 0. The Morgan fingerprint density at radius 3 is 2.53 bits per heavy atom. The summed E-state index contributed by atoms with van der Waals surface area (Å²) in [5.74, 6) is 0.922. The van der Waals surface area contributed by atoms with Crippen molar-refractivity contribution in [2.45, 2.75) is 50.7 Å². The van der Waals surface area contributed by atoms with E-state index in [0.717, 1.165) is 25.0 Å². The standard InChI is InChI=1S/C16H25NO2/c1-12-6-7-14(18-2)13(10-12)11-15(17)16(19-3)8-4-5-9-16/h6-7,10,15H,4-5,8-9,11,17H2,1-3H3. The van der Waals surface area contributed by atoms with Gasteiger partial charge in [-0.15, -0.1) is 0 Å². The summed E-state index contributed by atoms with van der Waals surface area (Å²) in [7, 11) is 3.50. The molecule has 106 valence electrons. The summed E-state index contributed by atoms with van der Waals surface area (Å²) in [6.07, 6.45) is 5.37. The third-order valence-electron chi connectivity index (χ3n) is 4.41. The number of hydrogen-bond acceptors (Lipinski definition) is 3. The number of rotatable bonds is 5. The molecule has 3 heteroatoms. The normalized spacial score (nSPS) is 19.4. The smallest absolute Gasteiger partial charge is 0.122 e. The molecule has 1 unspecified atom stereocenters. The van der Waals surface area contributed by atoms with Gasteiger partial charge in [-0.1, -0.05) is 30.5 Å². The van der Waals surface area contributed by atoms with Crippen molar-refractivity contribution in [2.75, 3.05) is 14.2 Å². The SMILES string of the molecule is COc1ccc(C)cc1CC(N)C1(OC)CCCC1. The minimum absolute atomic E-state index is 0.0238. The van der Waals surface area contributed by atoms with Gasteiger partial charge < -0.3 is 15.2 Å². The number of methoxy groups -OCH3 is 2. The Hall–Kier alpha value is -1.06. The molecule has 1 aliphatic rings. The molecule has 1 aliphatic carbocycles. The van der Waals surface area contributed by atoms with E-state index in [1.165, 1.54) is 24.0 Å². The minimum atomic E-state index is -0.144. The molecule has 19 heavy (non-hydrogen) atoms. The van der Waals surface area contributed by atoms with Crippen LogP contribution in [0.4, 0.5) is 0 Å². The Morgan fingerprint density at radius 2 is 1.95 bits per heavy atom. The molecule has 2 rings (SSSR count). The van der Waals surface area contributed by atoms with Crippen molar-refractivity contribution >= 4 is 0 Å². The molecule has 0 saturated heterocycles. The van der Waals surface area contributed by atoms with Gasteiger partial charge in [0.05, 0.1) is 12.7 Å². The van der Waals surface area contributed by atoms with Crippen LogP contribution in [0.1, 0.15) is 36.8 Å². The van der Waals surface area contributed by atoms with Crippen molar-refractivity contribution in [1.82, 2.24) is 0 Å². The molecule has 1 aromatic rings. The van der Waals surface area contributed by atoms with E-state index >= 15 is 0 Å². The quantitative estimate of drug-likeness (QED) is 0.888. The predicted molar refractivity (Wildman–Crippen MR) is 77.6 cm³/mol. The van der Waals surface area contributed by atoms with Crippen molar-refractivity contribution in [1.29, 1.82) is 0 Å². The van der Waals surface area contributed by atoms with Gasteiger partial charge in [0.25, 0.3) is 0 Å². The molecule has 0 aliphatic heterocycles. The Labute approximate surface area is 116 Å². The van der Waals surface area contributed by atoms with E-state index in [9.17, 15) is 0 Å². The molecule has 0 aromatic heterocycles. The Balaban J connectivity index is 2.18. The Kier molecular flexibility index (Phi) is 4.48. The second-order valence-corrected chi connectivity index (χ2v) is 5.60. The van der Waals surface area contributed by atoms with Crippen LogP contribution >= 0.6 is 0 Å². The molecule has 1 aromatic carbocycles. The molecular weight excluding hydrogens is 238 g/mol. The fraction of sp³-hybridized carbons (Fsp3) is 0.625. The summed E-state index contributed by atoms with van der Waals surface area (Å²) in [4.78, 5) is 0. The van der Waals surface area contributed by atoms with E-state index in [2.05, 4.69) is 19.1 Å². The first kappa shape index (κ1) is 14.4. The van der Waals surface area contributed by atoms with Gasteiger partial charge in [0.2, 0.25) is 0 Å². The lowest BCUT2D eigenvalue weighted by atomic mass is 9.87. The first-order chi connectivity index (χ1) is 9.11. The van der Waals surface area contributed by atoms with Crippen molar-refractivity contribution in [2.24, 2.45) is 5.73 Å². The third-order valence-corrected chi connectivity index (χ3v) is 4.41. The van der Waals surface area contributed by atoms with Gasteiger partial charge in [0, 0.05) is 13.2 Å². The largest absolute Gasteiger partial charge is 0.496 e. The van der Waals surface area contributed by atoms with Gasteiger partial charge in [0.15, 0.2) is 0 Å². The van der Waals surface area contributed by atoms with Gasteiger partial charge in [0.1, 0.15) is 5.75 Å². The second-order valence-electron chi connectivity index (χ2n) is 5.60. The van der Waals surface area contributed by atoms with Crippen LogP contribution in [0, 0.1) is 6.92 Å². The van der Waals surface area contributed by atoms with E-state index in [1.807, 2.05) is 6.07 Å². The van der Waals surface area contributed by atoms with Gasteiger partial charge in [-0.25, -0.2) is 0 Å². The lowest BCUT2D eigenvalue weighted by molar-refractivity contribution is -0.0254. The summed E-state index contributed by atoms with van der Waals surface area (Å²) in [5.41, 5.74) is 8.72. The van der Waals surface area contributed by atoms with Crippen LogP contribution in [-0.2, 0) is 11.2 Å². The monoisotopic (exact) mass is 263 g/mol. The summed E-state index contributed by atoms with van der Waals surface area (Å²) in [5, 5.41) is 0. The maximum atomic E-state index is 6.45. The number of benzene rings is 1. The van der Waals surface area contributed by atoms with E-state index in [0.29, 0.717) is 0 Å². The van der Waals surface area contributed by atoms with Crippen LogP contribution in [0.5, 0.6) is 5.75 Å². The van der Waals surface area contributed by atoms with E-state index in [4.69, 9.17) is 15.2 Å². The molecule has 2 N–H and O–H groups in total. The van der Waals surface area contributed by atoms with Gasteiger partial charge in [-0.2, -0.15) is 0 Å². The first-order valence-corrected chi connectivity index (χ1v) is 7.05. The highest BCUT2D eigenvalue weighted by molar-refractivity contribution is 5.37. The molecule has 0 amide bonds. The molecule has 0 spiro atoms. The molecule has 1 atom stereocenters. The molecule has 3 nitrogen and oxygen atoms in total. The van der Waals surface area contributed by atoms with Crippen molar-refractivity contribution < 1.29 is 9.47 Å². The zero-order valence-electron chi connectivity index (χ0n) is 12.2. The van der Waals surface area contributed by atoms with Crippen molar-refractivity contribution in [3.05, 3.63) is 29.3 Å². The first-order valence-electron chi connectivity index (χ1n) is 7.05. The number of hydrogen-bond donors (Lipinski definition) is 1. The minimum Gasteiger partial charge on any atom is -0.496 e. The van der Waals surface area contributed by atoms with E-state index in [1.54, 1.807) is 14.2 Å². The average molecular weight is 263 g/mol. The second kappa shape index (κ2) is 5.93. The highest BCUT2D eigenvalue weighted by Gasteiger charge is 2.39. The maximum Gasteiger partial charge on any atom is 0.122 e. The van der Waals surface area contributed by atoms with Gasteiger partial charge >= 0.3 is 0 Å². The molecule has 0 heterocycles. The van der Waals surface area contributed by atoms with E-state index in [-0.39, 0.29) is 11.6 Å². The van der Waals surface area contributed by atoms with Crippen molar-refractivity contribution in [3.63, 3.8) is 0 Å². The lowest BCUT2D eigenvalue weighted by Crippen LogP contribution is -2.48. The molecule has 0 bridgehead atoms. The number of ether oxygens (including phenoxy) is 2. The maximum absolute atomic E-state index is 6.45. The highest BCUT2D eigenvalue weighted by Crippen LogP contribution is 2.36. The van der Waals surface area contributed by atoms with Crippen LogP contribution in [0.3, 0.4) is 0 Å². The summed E-state index contributed by atoms with van der Waals surface area (Å²) in [6.45, 7) is 2.09. The fourth-order valence-corrected chi connectivity index (χ4v) is 3.19. The van der Waals surface area contributed by atoms with Crippen LogP contribution in [0.25, 0.3) is 0 Å². The average Bonchev–Trinajstić information content (AvgIpc) is 2.89.